The maximum absolute atomic E-state index is 11.8. The number of carbonyl (C=O) groups excluding carboxylic acids is 2. The number of hydrogen-bond acceptors (Lipinski definition) is 5. The van der Waals surface area contributed by atoms with Gasteiger partial charge < -0.3 is 25.8 Å². The van der Waals surface area contributed by atoms with Crippen molar-refractivity contribution in [1.82, 2.24) is 10.6 Å². The van der Waals surface area contributed by atoms with Crippen LogP contribution in [0.5, 0.6) is 5.75 Å². The Kier molecular flexibility index (Phi) is 6.31. The molecule has 0 aliphatic heterocycles. The van der Waals surface area contributed by atoms with Crippen molar-refractivity contribution < 1.29 is 19.1 Å². The molecule has 4 N–H and O–H groups in total. The van der Waals surface area contributed by atoms with Crippen LogP contribution in [0.2, 0.25) is 0 Å². The Labute approximate surface area is 117 Å². The van der Waals surface area contributed by atoms with Crippen LogP contribution < -0.4 is 21.1 Å². The number of carbonyl (C=O) groups is 2. The van der Waals surface area contributed by atoms with E-state index in [1.54, 1.807) is 19.2 Å². The molecule has 0 spiro atoms. The van der Waals surface area contributed by atoms with Gasteiger partial charge in [-0.25, -0.2) is 0 Å². The lowest BCUT2D eigenvalue weighted by molar-refractivity contribution is -0.120. The second-order valence-electron chi connectivity index (χ2n) is 3.98. The van der Waals surface area contributed by atoms with Crippen molar-refractivity contribution in [3.8, 4) is 5.75 Å². The highest BCUT2D eigenvalue weighted by Crippen LogP contribution is 2.21. The smallest absolute Gasteiger partial charge is 0.251 e. The van der Waals surface area contributed by atoms with Gasteiger partial charge in [0.15, 0.2) is 0 Å². The number of methoxy groups -OCH3 is 2. The average Bonchev–Trinajstić information content (AvgIpc) is 2.45. The first-order valence-electron chi connectivity index (χ1n) is 6.05. The Bertz CT molecular complexity index is 477. The molecule has 0 fully saturated rings. The van der Waals surface area contributed by atoms with E-state index in [9.17, 15) is 9.59 Å². The number of rotatable bonds is 7. The normalized spacial score (nSPS) is 9.90. The number of nitrogen functional groups attached to an aromatic ring is 1. The first-order chi connectivity index (χ1) is 9.58. The molecule has 2 amide bonds. The van der Waals surface area contributed by atoms with E-state index in [1.807, 2.05) is 0 Å². The third-order valence-electron chi connectivity index (χ3n) is 2.53. The fourth-order valence-corrected chi connectivity index (χ4v) is 1.49. The Morgan fingerprint density at radius 3 is 2.60 bits per heavy atom. The molecule has 0 saturated carbocycles. The van der Waals surface area contributed by atoms with E-state index < -0.39 is 0 Å². The van der Waals surface area contributed by atoms with E-state index in [-0.39, 0.29) is 18.4 Å². The van der Waals surface area contributed by atoms with Gasteiger partial charge in [-0.1, -0.05) is 0 Å². The maximum Gasteiger partial charge on any atom is 0.251 e. The van der Waals surface area contributed by atoms with Crippen molar-refractivity contribution in [3.63, 3.8) is 0 Å². The van der Waals surface area contributed by atoms with Gasteiger partial charge in [0.1, 0.15) is 5.75 Å². The number of anilines is 1. The average molecular weight is 281 g/mol. The molecule has 20 heavy (non-hydrogen) atoms. The lowest BCUT2D eigenvalue weighted by atomic mass is 10.2. The molecular weight excluding hydrogens is 262 g/mol. The topological polar surface area (TPSA) is 103 Å². The zero-order valence-corrected chi connectivity index (χ0v) is 11.6. The highest BCUT2D eigenvalue weighted by molar-refractivity contribution is 5.97. The first kappa shape index (κ1) is 15.8. The number of hydrogen-bond donors (Lipinski definition) is 3. The molecule has 0 aliphatic carbocycles. The minimum atomic E-state index is -0.374. The third kappa shape index (κ3) is 4.77. The molecule has 0 heterocycles. The van der Waals surface area contributed by atoms with E-state index in [0.717, 1.165) is 0 Å². The maximum atomic E-state index is 11.8. The number of nitrogens with one attached hydrogen (secondary N) is 2. The quantitative estimate of drug-likeness (QED) is 0.473. The lowest BCUT2D eigenvalue weighted by Crippen LogP contribution is -2.38. The van der Waals surface area contributed by atoms with Gasteiger partial charge in [0.05, 0.1) is 25.9 Å². The Balaban J connectivity index is 2.46. The summed E-state index contributed by atoms with van der Waals surface area (Å²) in [6.45, 7) is 0.726. The second kappa shape index (κ2) is 8.00. The van der Waals surface area contributed by atoms with Gasteiger partial charge in [-0.05, 0) is 18.2 Å². The molecule has 1 aromatic rings. The third-order valence-corrected chi connectivity index (χ3v) is 2.53. The molecule has 0 radical (unpaired) electrons. The van der Waals surface area contributed by atoms with Crippen LogP contribution >= 0.6 is 0 Å². The van der Waals surface area contributed by atoms with Crippen LogP contribution in [0.15, 0.2) is 18.2 Å². The van der Waals surface area contributed by atoms with Crippen LogP contribution in [0.3, 0.4) is 0 Å². The van der Waals surface area contributed by atoms with E-state index in [1.165, 1.54) is 13.2 Å². The van der Waals surface area contributed by atoms with Crippen molar-refractivity contribution in [3.05, 3.63) is 23.8 Å². The summed E-state index contributed by atoms with van der Waals surface area (Å²) in [5.74, 6) is -0.156. The Morgan fingerprint density at radius 1 is 1.25 bits per heavy atom. The van der Waals surface area contributed by atoms with Gasteiger partial charge in [0, 0.05) is 19.2 Å². The number of benzene rings is 1. The van der Waals surface area contributed by atoms with Crippen LogP contribution in [-0.4, -0.2) is 45.7 Å². The van der Waals surface area contributed by atoms with Gasteiger partial charge in [-0.15, -0.1) is 0 Å². The van der Waals surface area contributed by atoms with Crippen molar-refractivity contribution in [2.45, 2.75) is 0 Å². The first-order valence-corrected chi connectivity index (χ1v) is 6.05. The number of amides is 2. The van der Waals surface area contributed by atoms with E-state index in [4.69, 9.17) is 15.2 Å². The largest absolute Gasteiger partial charge is 0.495 e. The Morgan fingerprint density at radius 2 is 2.00 bits per heavy atom. The highest BCUT2D eigenvalue weighted by atomic mass is 16.5. The summed E-state index contributed by atoms with van der Waals surface area (Å²) in [7, 11) is 3.04. The lowest BCUT2D eigenvalue weighted by Gasteiger charge is -2.08. The van der Waals surface area contributed by atoms with Crippen molar-refractivity contribution >= 4 is 17.5 Å². The number of nitrogens with two attached hydrogens (primary N) is 1. The molecule has 0 atom stereocenters. The summed E-state index contributed by atoms with van der Waals surface area (Å²) >= 11 is 0. The summed E-state index contributed by atoms with van der Waals surface area (Å²) in [4.78, 5) is 23.2. The fourth-order valence-electron chi connectivity index (χ4n) is 1.49. The summed E-state index contributed by atoms with van der Waals surface area (Å²) in [6, 6.07) is 4.67. The van der Waals surface area contributed by atoms with Gasteiger partial charge in [0.25, 0.3) is 5.91 Å². The molecule has 7 heteroatoms. The number of ether oxygens (including phenoxy) is 2. The van der Waals surface area contributed by atoms with E-state index in [0.29, 0.717) is 30.2 Å². The van der Waals surface area contributed by atoms with Crippen molar-refractivity contribution in [1.29, 1.82) is 0 Å². The van der Waals surface area contributed by atoms with Gasteiger partial charge in [0.2, 0.25) is 5.91 Å². The molecule has 1 rings (SSSR count). The van der Waals surface area contributed by atoms with Crippen LogP contribution in [0, 0.1) is 0 Å². The molecule has 0 bridgehead atoms. The van der Waals surface area contributed by atoms with Crippen molar-refractivity contribution in [2.24, 2.45) is 0 Å². The van der Waals surface area contributed by atoms with Crippen LogP contribution in [0.4, 0.5) is 5.69 Å². The molecule has 0 aliphatic rings. The molecule has 0 unspecified atom stereocenters. The SMILES string of the molecule is COCCNC(=O)CNC(=O)c1ccc(OC)c(N)c1. The molecule has 7 nitrogen and oxygen atoms in total. The van der Waals surface area contributed by atoms with E-state index >= 15 is 0 Å². The fraction of sp³-hybridized carbons (Fsp3) is 0.385. The monoisotopic (exact) mass is 281 g/mol. The van der Waals surface area contributed by atoms with Gasteiger partial charge >= 0.3 is 0 Å². The van der Waals surface area contributed by atoms with E-state index in [2.05, 4.69) is 10.6 Å². The molecule has 110 valence electrons. The van der Waals surface area contributed by atoms with Gasteiger partial charge in [-0.3, -0.25) is 9.59 Å². The van der Waals surface area contributed by atoms with Crippen LogP contribution in [0.1, 0.15) is 10.4 Å². The zero-order chi connectivity index (χ0) is 15.0. The summed E-state index contributed by atoms with van der Waals surface area (Å²) in [5.41, 5.74) is 6.44. The second-order valence-corrected chi connectivity index (χ2v) is 3.98. The minimum absolute atomic E-state index is 0.103. The zero-order valence-electron chi connectivity index (χ0n) is 11.6. The predicted molar refractivity (Wildman–Crippen MR) is 74.6 cm³/mol. The summed E-state index contributed by atoms with van der Waals surface area (Å²) < 4.78 is 9.79. The molecular formula is C13H19N3O4. The molecule has 1 aromatic carbocycles. The predicted octanol–water partition coefficient (Wildman–Crippen LogP) is -0.230. The standard InChI is InChI=1S/C13H19N3O4/c1-19-6-5-15-12(17)8-16-13(18)9-3-4-11(20-2)10(14)7-9/h3-4,7H,5-6,8,14H2,1-2H3,(H,15,17)(H,16,18). The molecule has 0 aromatic heterocycles. The molecule has 0 saturated heterocycles. The van der Waals surface area contributed by atoms with Crippen LogP contribution in [-0.2, 0) is 9.53 Å². The Hall–Kier alpha value is -2.28. The highest BCUT2D eigenvalue weighted by Gasteiger charge is 2.09. The summed E-state index contributed by atoms with van der Waals surface area (Å²) in [5, 5.41) is 5.10. The summed E-state index contributed by atoms with van der Waals surface area (Å²) in [6.07, 6.45) is 0. The van der Waals surface area contributed by atoms with Crippen molar-refractivity contribution in [2.75, 3.05) is 39.6 Å². The minimum Gasteiger partial charge on any atom is -0.495 e. The van der Waals surface area contributed by atoms with Gasteiger partial charge in [-0.2, -0.15) is 0 Å². The van der Waals surface area contributed by atoms with Crippen LogP contribution in [0.25, 0.3) is 0 Å².